The van der Waals surface area contributed by atoms with Gasteiger partial charge in [-0.15, -0.1) is 0 Å². The maximum atomic E-state index is 9.20. The minimum atomic E-state index is -0.152. The van der Waals surface area contributed by atoms with Gasteiger partial charge in [0.1, 0.15) is 11.9 Å². The fourth-order valence-electron chi connectivity index (χ4n) is 2.15. The molecule has 0 heterocycles. The fourth-order valence-corrected chi connectivity index (χ4v) is 2.15. The lowest BCUT2D eigenvalue weighted by Crippen LogP contribution is -2.37. The molecule has 2 nitrogen and oxygen atoms in total. The van der Waals surface area contributed by atoms with Crippen LogP contribution in [0.15, 0.2) is 12.1 Å². The Morgan fingerprint density at radius 1 is 1.13 bits per heavy atom. The van der Waals surface area contributed by atoms with Gasteiger partial charge in [0.2, 0.25) is 0 Å². The first-order valence-electron chi connectivity index (χ1n) is 5.49. The highest BCUT2D eigenvalue weighted by molar-refractivity contribution is 5.43. The Labute approximate surface area is 90.9 Å². The zero-order valence-corrected chi connectivity index (χ0v) is 9.58. The molecule has 0 amide bonds. The van der Waals surface area contributed by atoms with Crippen LogP contribution >= 0.6 is 0 Å². The second-order valence-electron chi connectivity index (χ2n) is 4.59. The second-order valence-corrected chi connectivity index (χ2v) is 4.59. The number of aryl methyl sites for hydroxylation is 3. The van der Waals surface area contributed by atoms with E-state index < -0.39 is 0 Å². The van der Waals surface area contributed by atoms with Gasteiger partial charge in [0.05, 0.1) is 6.10 Å². The van der Waals surface area contributed by atoms with Crippen molar-refractivity contribution in [2.24, 2.45) is 0 Å². The average Bonchev–Trinajstić information content (AvgIpc) is 2.07. The van der Waals surface area contributed by atoms with Crippen molar-refractivity contribution in [1.82, 2.24) is 0 Å². The monoisotopic (exact) mass is 206 g/mol. The van der Waals surface area contributed by atoms with E-state index in [2.05, 4.69) is 32.9 Å². The summed E-state index contributed by atoms with van der Waals surface area (Å²) in [5.41, 5.74) is 3.65. The zero-order valence-electron chi connectivity index (χ0n) is 9.58. The first-order valence-corrected chi connectivity index (χ1v) is 5.49. The molecule has 1 N–H and O–H groups in total. The standard InChI is InChI=1S/C13H18O2/c1-8-4-9(2)13(10(3)5-8)15-12-6-11(14)7-12/h4-5,11-12,14H,6-7H2,1-3H3. The predicted molar refractivity (Wildman–Crippen MR) is 60.3 cm³/mol. The van der Waals surface area contributed by atoms with Crippen molar-refractivity contribution in [1.29, 1.82) is 0 Å². The molecule has 0 aliphatic heterocycles. The summed E-state index contributed by atoms with van der Waals surface area (Å²) in [5, 5.41) is 9.20. The summed E-state index contributed by atoms with van der Waals surface area (Å²) >= 11 is 0. The Hall–Kier alpha value is -1.02. The minimum absolute atomic E-state index is 0.152. The second kappa shape index (κ2) is 3.86. The molecule has 2 heteroatoms. The SMILES string of the molecule is Cc1cc(C)c(OC2CC(O)C2)c(C)c1. The summed E-state index contributed by atoms with van der Waals surface area (Å²) in [6, 6.07) is 4.27. The van der Waals surface area contributed by atoms with Crippen molar-refractivity contribution in [3.8, 4) is 5.75 Å². The first-order chi connectivity index (χ1) is 7.06. The molecule has 1 aliphatic rings. The molecule has 1 saturated carbocycles. The quantitative estimate of drug-likeness (QED) is 0.805. The molecule has 1 fully saturated rings. The van der Waals surface area contributed by atoms with Crippen LogP contribution in [0.1, 0.15) is 29.5 Å². The average molecular weight is 206 g/mol. The third-order valence-electron chi connectivity index (χ3n) is 2.96. The van der Waals surface area contributed by atoms with Gasteiger partial charge in [-0.05, 0) is 31.9 Å². The van der Waals surface area contributed by atoms with Crippen molar-refractivity contribution >= 4 is 0 Å². The largest absolute Gasteiger partial charge is 0.490 e. The number of rotatable bonds is 2. The zero-order chi connectivity index (χ0) is 11.0. The van der Waals surface area contributed by atoms with Gasteiger partial charge in [0.15, 0.2) is 0 Å². The van der Waals surface area contributed by atoms with E-state index in [1.54, 1.807) is 0 Å². The van der Waals surface area contributed by atoms with Crippen LogP contribution in [0.25, 0.3) is 0 Å². The Morgan fingerprint density at radius 3 is 2.13 bits per heavy atom. The summed E-state index contributed by atoms with van der Waals surface area (Å²) in [6.07, 6.45) is 1.60. The number of ether oxygens (including phenoxy) is 1. The van der Waals surface area contributed by atoms with Crippen molar-refractivity contribution in [3.63, 3.8) is 0 Å². The minimum Gasteiger partial charge on any atom is -0.490 e. The summed E-state index contributed by atoms with van der Waals surface area (Å²) in [6.45, 7) is 6.24. The molecule has 1 aliphatic carbocycles. The van der Waals surface area contributed by atoms with E-state index >= 15 is 0 Å². The topological polar surface area (TPSA) is 29.5 Å². The van der Waals surface area contributed by atoms with Crippen LogP contribution in [0.4, 0.5) is 0 Å². The lowest BCUT2D eigenvalue weighted by molar-refractivity contribution is -0.0114. The van der Waals surface area contributed by atoms with Crippen LogP contribution in [-0.4, -0.2) is 17.3 Å². The van der Waals surface area contributed by atoms with Crippen LogP contribution < -0.4 is 4.74 Å². The number of aliphatic hydroxyl groups excluding tert-OH is 1. The molecule has 0 atom stereocenters. The lowest BCUT2D eigenvalue weighted by Gasteiger charge is -2.32. The van der Waals surface area contributed by atoms with Crippen LogP contribution in [0.3, 0.4) is 0 Å². The first kappa shape index (κ1) is 10.5. The summed E-state index contributed by atoms with van der Waals surface area (Å²) in [5.74, 6) is 0.998. The van der Waals surface area contributed by atoms with E-state index in [1.807, 2.05) is 0 Å². The number of aliphatic hydroxyl groups is 1. The molecule has 1 aromatic rings. The molecule has 0 radical (unpaired) electrons. The van der Waals surface area contributed by atoms with Crippen molar-refractivity contribution in [2.75, 3.05) is 0 Å². The van der Waals surface area contributed by atoms with Crippen LogP contribution in [0, 0.1) is 20.8 Å². The van der Waals surface area contributed by atoms with Gasteiger partial charge in [-0.25, -0.2) is 0 Å². The van der Waals surface area contributed by atoms with Gasteiger partial charge in [-0.3, -0.25) is 0 Å². The molecule has 0 aromatic heterocycles. The van der Waals surface area contributed by atoms with Crippen LogP contribution in [0.5, 0.6) is 5.75 Å². The third kappa shape index (κ3) is 2.15. The molecular weight excluding hydrogens is 188 g/mol. The van der Waals surface area contributed by atoms with Gasteiger partial charge >= 0.3 is 0 Å². The molecule has 2 rings (SSSR count). The highest BCUT2D eigenvalue weighted by Crippen LogP contribution is 2.30. The Morgan fingerprint density at radius 2 is 1.67 bits per heavy atom. The van der Waals surface area contributed by atoms with Gasteiger partial charge in [-0.1, -0.05) is 17.7 Å². The molecule has 0 spiro atoms. The molecule has 0 saturated heterocycles. The lowest BCUT2D eigenvalue weighted by atomic mass is 9.92. The van der Waals surface area contributed by atoms with E-state index in [4.69, 9.17) is 4.74 Å². The van der Waals surface area contributed by atoms with Crippen molar-refractivity contribution < 1.29 is 9.84 Å². The summed E-state index contributed by atoms with van der Waals surface area (Å²) in [4.78, 5) is 0. The summed E-state index contributed by atoms with van der Waals surface area (Å²) in [7, 11) is 0. The molecule has 0 bridgehead atoms. The maximum absolute atomic E-state index is 9.20. The number of benzene rings is 1. The van der Waals surface area contributed by atoms with E-state index in [0.717, 1.165) is 18.6 Å². The van der Waals surface area contributed by atoms with Crippen LogP contribution in [0.2, 0.25) is 0 Å². The molecular formula is C13H18O2. The highest BCUT2D eigenvalue weighted by atomic mass is 16.5. The normalized spacial score (nSPS) is 24.8. The molecule has 82 valence electrons. The molecule has 1 aromatic carbocycles. The highest BCUT2D eigenvalue weighted by Gasteiger charge is 2.29. The fraction of sp³-hybridized carbons (Fsp3) is 0.538. The smallest absolute Gasteiger partial charge is 0.125 e. The maximum Gasteiger partial charge on any atom is 0.125 e. The van der Waals surface area contributed by atoms with E-state index in [1.165, 1.54) is 16.7 Å². The van der Waals surface area contributed by atoms with Gasteiger partial charge in [0, 0.05) is 12.8 Å². The number of hydrogen-bond acceptors (Lipinski definition) is 2. The van der Waals surface area contributed by atoms with E-state index in [9.17, 15) is 5.11 Å². The number of hydrogen-bond donors (Lipinski definition) is 1. The van der Waals surface area contributed by atoms with Gasteiger partial charge < -0.3 is 9.84 Å². The summed E-state index contributed by atoms with van der Waals surface area (Å²) < 4.78 is 5.88. The van der Waals surface area contributed by atoms with Crippen LogP contribution in [-0.2, 0) is 0 Å². The molecule has 0 unspecified atom stereocenters. The van der Waals surface area contributed by atoms with E-state index in [-0.39, 0.29) is 12.2 Å². The van der Waals surface area contributed by atoms with Gasteiger partial charge in [-0.2, -0.15) is 0 Å². The van der Waals surface area contributed by atoms with Gasteiger partial charge in [0.25, 0.3) is 0 Å². The van der Waals surface area contributed by atoms with Crippen molar-refractivity contribution in [2.45, 2.75) is 45.8 Å². The Bertz CT molecular complexity index is 342. The van der Waals surface area contributed by atoms with Crippen molar-refractivity contribution in [3.05, 3.63) is 28.8 Å². The Kier molecular flexibility index (Phi) is 2.70. The Balaban J connectivity index is 2.14. The predicted octanol–water partition coefficient (Wildman–Crippen LogP) is 2.51. The third-order valence-corrected chi connectivity index (χ3v) is 2.96. The van der Waals surface area contributed by atoms with E-state index in [0.29, 0.717) is 0 Å². The molecule has 15 heavy (non-hydrogen) atoms.